The fourth-order valence-electron chi connectivity index (χ4n) is 2.36. The van der Waals surface area contributed by atoms with Crippen molar-refractivity contribution in [3.8, 4) is 5.75 Å². The maximum absolute atomic E-state index is 11.2. The summed E-state index contributed by atoms with van der Waals surface area (Å²) >= 11 is 2.75. The summed E-state index contributed by atoms with van der Waals surface area (Å²) in [4.78, 5) is 31.0. The summed E-state index contributed by atoms with van der Waals surface area (Å²) in [6.45, 7) is 1.30. The van der Waals surface area contributed by atoms with Gasteiger partial charge in [-0.2, -0.15) is 0 Å². The van der Waals surface area contributed by atoms with E-state index < -0.39 is 12.0 Å². The van der Waals surface area contributed by atoms with Crippen LogP contribution in [0.4, 0.5) is 0 Å². The van der Waals surface area contributed by atoms with Crippen molar-refractivity contribution in [1.82, 2.24) is 15.3 Å². The van der Waals surface area contributed by atoms with Crippen LogP contribution in [0.1, 0.15) is 6.92 Å². The number of benzene rings is 1. The number of ether oxygens (including phenoxy) is 1. The van der Waals surface area contributed by atoms with E-state index in [0.29, 0.717) is 0 Å². The second kappa shape index (κ2) is 6.70. The Morgan fingerprint density at radius 2 is 2.29 bits per heavy atom. The number of thioether (sulfide) groups is 1. The van der Waals surface area contributed by atoms with Gasteiger partial charge in [0.2, 0.25) is 5.91 Å². The van der Waals surface area contributed by atoms with Crippen molar-refractivity contribution < 1.29 is 19.4 Å². The summed E-state index contributed by atoms with van der Waals surface area (Å²) < 4.78 is 6.13. The van der Waals surface area contributed by atoms with Gasteiger partial charge in [0.05, 0.1) is 18.0 Å². The summed E-state index contributed by atoms with van der Waals surface area (Å²) in [5.41, 5.74) is 1.75. The Bertz CT molecular complexity index is 918. The molecule has 0 saturated heterocycles. The molecule has 3 N–H and O–H groups in total. The molecule has 1 aromatic carbocycles. The number of aromatic amines is 1. The summed E-state index contributed by atoms with van der Waals surface area (Å²) in [5.74, 6) is -0.487. The molecule has 9 heteroatoms. The van der Waals surface area contributed by atoms with E-state index in [4.69, 9.17) is 9.84 Å². The lowest BCUT2D eigenvalue weighted by atomic mass is 10.2. The number of nitrogens with one attached hydrogen (secondary N) is 2. The number of aromatic nitrogens is 2. The summed E-state index contributed by atoms with van der Waals surface area (Å²) in [7, 11) is 1.61. The van der Waals surface area contributed by atoms with Crippen molar-refractivity contribution in [2.45, 2.75) is 17.3 Å². The van der Waals surface area contributed by atoms with Gasteiger partial charge in [-0.3, -0.25) is 4.79 Å². The third kappa shape index (κ3) is 3.17. The monoisotopic (exact) mass is 365 g/mol. The summed E-state index contributed by atoms with van der Waals surface area (Å²) in [6.07, 6.45) is 0. The van der Waals surface area contributed by atoms with Gasteiger partial charge in [-0.1, -0.05) is 29.2 Å². The molecule has 0 radical (unpaired) electrons. The Labute approximate surface area is 145 Å². The number of carboxylic acids is 1. The van der Waals surface area contributed by atoms with Gasteiger partial charge in [0.1, 0.15) is 22.1 Å². The maximum Gasteiger partial charge on any atom is 0.327 e. The number of thiazole rings is 1. The van der Waals surface area contributed by atoms with Crippen LogP contribution in [0.15, 0.2) is 22.5 Å². The van der Waals surface area contributed by atoms with E-state index in [9.17, 15) is 9.59 Å². The van der Waals surface area contributed by atoms with Crippen molar-refractivity contribution in [1.29, 1.82) is 0 Å². The van der Waals surface area contributed by atoms with Crippen LogP contribution in [0.5, 0.6) is 5.75 Å². The van der Waals surface area contributed by atoms with E-state index in [1.54, 1.807) is 7.11 Å². The number of carboxylic acid groups (broad SMARTS) is 1. The third-order valence-electron chi connectivity index (χ3n) is 3.39. The van der Waals surface area contributed by atoms with Gasteiger partial charge in [-0.25, -0.2) is 9.78 Å². The SMILES string of the molecule is COc1cccc2[nH]c3sc(SC[C@H](NC(C)=O)C(=O)O)nc3c12. The normalized spacial score (nSPS) is 12.4. The van der Waals surface area contributed by atoms with Gasteiger partial charge in [-0.05, 0) is 12.1 Å². The minimum Gasteiger partial charge on any atom is -0.496 e. The molecule has 0 bridgehead atoms. The lowest BCUT2D eigenvalue weighted by Gasteiger charge is -2.11. The average Bonchev–Trinajstić information content (AvgIpc) is 3.07. The molecule has 0 aliphatic heterocycles. The first-order chi connectivity index (χ1) is 11.5. The number of H-pyrrole nitrogens is 1. The van der Waals surface area contributed by atoms with E-state index in [0.717, 1.165) is 31.3 Å². The van der Waals surface area contributed by atoms with Gasteiger partial charge < -0.3 is 20.1 Å². The maximum atomic E-state index is 11.2. The quantitative estimate of drug-likeness (QED) is 0.580. The Kier molecular flexibility index (Phi) is 4.63. The second-order valence-corrected chi connectivity index (χ2v) is 7.33. The molecule has 7 nitrogen and oxygen atoms in total. The highest BCUT2D eigenvalue weighted by molar-refractivity contribution is 8.01. The minimum atomic E-state index is -1.06. The van der Waals surface area contributed by atoms with Crippen molar-refractivity contribution in [3.05, 3.63) is 18.2 Å². The highest BCUT2D eigenvalue weighted by atomic mass is 32.2. The Balaban J connectivity index is 1.86. The third-order valence-corrected chi connectivity index (χ3v) is 5.59. The van der Waals surface area contributed by atoms with Crippen LogP contribution in [-0.2, 0) is 9.59 Å². The van der Waals surface area contributed by atoms with Gasteiger partial charge in [0.15, 0.2) is 4.34 Å². The molecule has 126 valence electrons. The van der Waals surface area contributed by atoms with Crippen molar-refractivity contribution in [3.63, 3.8) is 0 Å². The molecule has 3 rings (SSSR count). The first kappa shape index (κ1) is 16.6. The van der Waals surface area contributed by atoms with Crippen molar-refractivity contribution in [2.24, 2.45) is 0 Å². The summed E-state index contributed by atoms with van der Waals surface area (Å²) in [6, 6.07) is 4.79. The topological polar surface area (TPSA) is 104 Å². The summed E-state index contributed by atoms with van der Waals surface area (Å²) in [5, 5.41) is 12.5. The Morgan fingerprint density at radius 1 is 1.50 bits per heavy atom. The molecule has 3 aromatic rings. The predicted octanol–water partition coefficient (Wildman–Crippen LogP) is 2.47. The van der Waals surface area contributed by atoms with Crippen LogP contribution in [0, 0.1) is 0 Å². The number of hydrogen-bond donors (Lipinski definition) is 3. The lowest BCUT2D eigenvalue weighted by Crippen LogP contribution is -2.41. The molecule has 2 heterocycles. The molecular formula is C15H15N3O4S2. The standard InChI is InChI=1S/C15H15N3O4S2/c1-7(19)16-9(14(20)21)6-23-15-18-12-11-8(17-13(12)24-15)4-3-5-10(11)22-2/h3-5,9,17H,6H2,1-2H3,(H,16,19)(H,20,21)/t9-/m0/s1. The molecule has 1 atom stereocenters. The number of fused-ring (bicyclic) bond motifs is 3. The van der Waals surface area contributed by atoms with Gasteiger partial charge in [0.25, 0.3) is 0 Å². The number of methoxy groups -OCH3 is 1. The molecular weight excluding hydrogens is 350 g/mol. The highest BCUT2D eigenvalue weighted by Crippen LogP contribution is 2.37. The first-order valence-corrected chi connectivity index (χ1v) is 8.87. The molecule has 0 aliphatic rings. The molecule has 0 spiro atoms. The molecule has 2 aromatic heterocycles. The van der Waals surface area contributed by atoms with E-state index in [1.165, 1.54) is 30.0 Å². The van der Waals surface area contributed by atoms with Crippen LogP contribution < -0.4 is 10.1 Å². The van der Waals surface area contributed by atoms with Crippen LogP contribution in [-0.4, -0.2) is 45.9 Å². The molecule has 0 aliphatic carbocycles. The zero-order valence-corrected chi connectivity index (χ0v) is 14.6. The number of aliphatic carboxylic acids is 1. The zero-order valence-electron chi connectivity index (χ0n) is 13.0. The number of hydrogen-bond acceptors (Lipinski definition) is 6. The van der Waals surface area contributed by atoms with E-state index >= 15 is 0 Å². The van der Waals surface area contributed by atoms with E-state index in [1.807, 2.05) is 18.2 Å². The number of rotatable bonds is 6. The van der Waals surface area contributed by atoms with Gasteiger partial charge in [-0.15, -0.1) is 0 Å². The van der Waals surface area contributed by atoms with E-state index in [2.05, 4.69) is 15.3 Å². The zero-order chi connectivity index (χ0) is 17.3. The molecule has 0 unspecified atom stereocenters. The molecule has 0 fully saturated rings. The molecule has 24 heavy (non-hydrogen) atoms. The Hall–Kier alpha value is -2.26. The number of carbonyl (C=O) groups is 2. The average molecular weight is 365 g/mol. The number of nitrogens with zero attached hydrogens (tertiary/aromatic N) is 1. The fraction of sp³-hybridized carbons (Fsp3) is 0.267. The Morgan fingerprint density at radius 3 is 2.96 bits per heavy atom. The van der Waals surface area contributed by atoms with Crippen LogP contribution >= 0.6 is 23.1 Å². The van der Waals surface area contributed by atoms with Crippen molar-refractivity contribution >= 4 is 56.2 Å². The minimum absolute atomic E-state index is 0.208. The molecule has 0 saturated carbocycles. The smallest absolute Gasteiger partial charge is 0.327 e. The lowest BCUT2D eigenvalue weighted by molar-refractivity contribution is -0.140. The fourth-order valence-corrected chi connectivity index (χ4v) is 4.46. The predicted molar refractivity (Wildman–Crippen MR) is 94.0 cm³/mol. The largest absolute Gasteiger partial charge is 0.496 e. The highest BCUT2D eigenvalue weighted by Gasteiger charge is 2.20. The number of amides is 1. The second-order valence-electron chi connectivity index (χ2n) is 5.07. The van der Waals surface area contributed by atoms with Crippen LogP contribution in [0.25, 0.3) is 21.3 Å². The number of carbonyl (C=O) groups excluding carboxylic acids is 1. The van der Waals surface area contributed by atoms with Gasteiger partial charge in [0, 0.05) is 12.7 Å². The molecule has 1 amide bonds. The first-order valence-electron chi connectivity index (χ1n) is 7.07. The van der Waals surface area contributed by atoms with Crippen molar-refractivity contribution in [2.75, 3.05) is 12.9 Å². The van der Waals surface area contributed by atoms with Crippen LogP contribution in [0.3, 0.4) is 0 Å². The van der Waals surface area contributed by atoms with E-state index in [-0.39, 0.29) is 11.7 Å². The van der Waals surface area contributed by atoms with Gasteiger partial charge >= 0.3 is 5.97 Å². The van der Waals surface area contributed by atoms with Crippen LogP contribution in [0.2, 0.25) is 0 Å².